The molecular weight excluding hydrogens is 435 g/mol. The summed E-state index contributed by atoms with van der Waals surface area (Å²) in [7, 11) is 0. The van der Waals surface area contributed by atoms with Crippen LogP contribution in [0.5, 0.6) is 0 Å². The fourth-order valence-electron chi connectivity index (χ4n) is 4.11. The van der Waals surface area contributed by atoms with E-state index in [1.165, 1.54) is 0 Å². The summed E-state index contributed by atoms with van der Waals surface area (Å²) in [6.45, 7) is 7.54. The van der Waals surface area contributed by atoms with Crippen molar-refractivity contribution < 1.29 is 9.53 Å². The maximum absolute atomic E-state index is 12.7. The van der Waals surface area contributed by atoms with E-state index in [9.17, 15) is 4.79 Å². The van der Waals surface area contributed by atoms with Crippen LogP contribution in [0.4, 0.5) is 0 Å². The molecule has 166 valence electrons. The van der Waals surface area contributed by atoms with Gasteiger partial charge in [0.05, 0.1) is 18.3 Å². The first-order valence-corrected chi connectivity index (χ1v) is 11.5. The van der Waals surface area contributed by atoms with Gasteiger partial charge in [0.15, 0.2) is 0 Å². The Labute approximate surface area is 193 Å². The highest BCUT2D eigenvalue weighted by molar-refractivity contribution is 6.31. The largest absolute Gasteiger partial charge is 0.377 e. The van der Waals surface area contributed by atoms with Crippen LogP contribution in [0.3, 0.4) is 0 Å². The maximum Gasteiger partial charge on any atom is 0.246 e. The van der Waals surface area contributed by atoms with Crippen LogP contribution in [0.2, 0.25) is 10.2 Å². The predicted octanol–water partition coefficient (Wildman–Crippen LogP) is 3.88. The smallest absolute Gasteiger partial charge is 0.246 e. The second-order valence-electron chi connectivity index (χ2n) is 8.17. The number of amides is 1. The van der Waals surface area contributed by atoms with Crippen molar-refractivity contribution in [3.63, 3.8) is 0 Å². The van der Waals surface area contributed by atoms with Crippen molar-refractivity contribution in [1.29, 1.82) is 0 Å². The number of aromatic nitrogens is 2. The van der Waals surface area contributed by atoms with Gasteiger partial charge in [0.25, 0.3) is 0 Å². The van der Waals surface area contributed by atoms with Gasteiger partial charge in [0.1, 0.15) is 5.15 Å². The molecule has 0 aliphatic carbocycles. The van der Waals surface area contributed by atoms with Crippen LogP contribution < -0.4 is 0 Å². The number of nitrogens with zero attached hydrogens (tertiary/aromatic N) is 4. The van der Waals surface area contributed by atoms with Crippen molar-refractivity contribution >= 4 is 35.2 Å². The van der Waals surface area contributed by atoms with Gasteiger partial charge >= 0.3 is 0 Å². The first kappa shape index (κ1) is 22.3. The number of carbonyl (C=O) groups excluding carboxylic acids is 1. The van der Waals surface area contributed by atoms with Crippen LogP contribution in [0.15, 0.2) is 30.3 Å². The Hall–Kier alpha value is -1.86. The Morgan fingerprint density at radius 2 is 1.94 bits per heavy atom. The quantitative estimate of drug-likeness (QED) is 0.611. The third kappa shape index (κ3) is 5.69. The van der Waals surface area contributed by atoms with Crippen molar-refractivity contribution in [2.45, 2.75) is 32.4 Å². The number of carbonyl (C=O) groups is 1. The summed E-state index contributed by atoms with van der Waals surface area (Å²) in [6, 6.07) is 7.60. The molecular formula is C23H28Cl2N4O2. The summed E-state index contributed by atoms with van der Waals surface area (Å²) in [5.41, 5.74) is 2.63. The van der Waals surface area contributed by atoms with Crippen molar-refractivity contribution in [2.75, 3.05) is 39.3 Å². The molecule has 2 aromatic rings. The van der Waals surface area contributed by atoms with Gasteiger partial charge in [-0.25, -0.2) is 4.68 Å². The van der Waals surface area contributed by atoms with Gasteiger partial charge in [-0.1, -0.05) is 35.3 Å². The SMILES string of the molecule is Cc1nn(Cc2ccc(Cl)cc2)c(Cl)c1/C=C/C(=O)N1CCN(C[C@H]2CCCO2)CC1. The zero-order chi connectivity index (χ0) is 21.8. The van der Waals surface area contributed by atoms with E-state index in [0.29, 0.717) is 22.8 Å². The van der Waals surface area contributed by atoms with Crippen molar-refractivity contribution in [3.05, 3.63) is 57.3 Å². The summed E-state index contributed by atoms with van der Waals surface area (Å²) in [6.07, 6.45) is 6.05. The number of hydrogen-bond donors (Lipinski definition) is 0. The Bertz CT molecular complexity index is 928. The molecule has 4 rings (SSSR count). The van der Waals surface area contributed by atoms with E-state index >= 15 is 0 Å². The van der Waals surface area contributed by atoms with Crippen LogP contribution in [0.1, 0.15) is 29.7 Å². The standard InChI is InChI=1S/C23H28Cl2N4O2/c1-17-21(23(25)29(26-17)15-18-4-6-19(24)7-5-18)8-9-22(30)28-12-10-27(11-13-28)16-20-3-2-14-31-20/h4-9,20H,2-3,10-16H2,1H3/b9-8+/t20-/m1/s1. The minimum atomic E-state index is 0.0117. The number of piperazine rings is 1. The molecule has 6 nitrogen and oxygen atoms in total. The van der Waals surface area contributed by atoms with Gasteiger partial charge < -0.3 is 9.64 Å². The number of aryl methyl sites for hydroxylation is 1. The van der Waals surface area contributed by atoms with Crippen LogP contribution in [-0.2, 0) is 16.1 Å². The van der Waals surface area contributed by atoms with Crippen molar-refractivity contribution in [2.24, 2.45) is 0 Å². The molecule has 0 bridgehead atoms. The average Bonchev–Trinajstić information content (AvgIpc) is 3.37. The number of benzene rings is 1. The maximum atomic E-state index is 12.7. The van der Waals surface area contributed by atoms with E-state index in [1.807, 2.05) is 36.1 Å². The Morgan fingerprint density at radius 3 is 2.61 bits per heavy atom. The fourth-order valence-corrected chi connectivity index (χ4v) is 4.53. The van der Waals surface area contributed by atoms with Gasteiger partial charge in [0.2, 0.25) is 5.91 Å². The molecule has 0 radical (unpaired) electrons. The lowest BCUT2D eigenvalue weighted by Crippen LogP contribution is -2.50. The monoisotopic (exact) mass is 462 g/mol. The molecule has 0 N–H and O–H groups in total. The third-order valence-electron chi connectivity index (χ3n) is 5.92. The lowest BCUT2D eigenvalue weighted by molar-refractivity contribution is -0.127. The van der Waals surface area contributed by atoms with E-state index in [0.717, 1.165) is 69.0 Å². The summed E-state index contributed by atoms with van der Waals surface area (Å²) in [5.74, 6) is 0.0117. The molecule has 2 saturated heterocycles. The number of ether oxygens (including phenoxy) is 1. The molecule has 0 unspecified atom stereocenters. The van der Waals surface area contributed by atoms with Crippen molar-refractivity contribution in [1.82, 2.24) is 19.6 Å². The van der Waals surface area contributed by atoms with E-state index < -0.39 is 0 Å². The average molecular weight is 463 g/mol. The highest BCUT2D eigenvalue weighted by Crippen LogP contribution is 2.23. The number of hydrogen-bond acceptors (Lipinski definition) is 4. The molecule has 1 atom stereocenters. The van der Waals surface area contributed by atoms with Crippen LogP contribution in [-0.4, -0.2) is 70.9 Å². The van der Waals surface area contributed by atoms with E-state index in [1.54, 1.807) is 16.8 Å². The number of halogens is 2. The molecule has 1 amide bonds. The third-order valence-corrected chi connectivity index (χ3v) is 6.57. The van der Waals surface area contributed by atoms with E-state index in [-0.39, 0.29) is 5.91 Å². The summed E-state index contributed by atoms with van der Waals surface area (Å²) in [4.78, 5) is 17.0. The second kappa shape index (κ2) is 10.2. The van der Waals surface area contributed by atoms with Crippen LogP contribution >= 0.6 is 23.2 Å². The molecule has 31 heavy (non-hydrogen) atoms. The highest BCUT2D eigenvalue weighted by Gasteiger charge is 2.24. The zero-order valence-corrected chi connectivity index (χ0v) is 19.3. The summed E-state index contributed by atoms with van der Waals surface area (Å²) in [5, 5.41) is 5.76. The molecule has 1 aromatic carbocycles. The first-order chi connectivity index (χ1) is 15.0. The first-order valence-electron chi connectivity index (χ1n) is 10.8. The summed E-state index contributed by atoms with van der Waals surface area (Å²) >= 11 is 12.5. The molecule has 2 aliphatic rings. The lowest BCUT2D eigenvalue weighted by Gasteiger charge is -2.35. The minimum absolute atomic E-state index is 0.0117. The highest BCUT2D eigenvalue weighted by atomic mass is 35.5. The van der Waals surface area contributed by atoms with Gasteiger partial charge in [-0.3, -0.25) is 9.69 Å². The molecule has 0 saturated carbocycles. The van der Waals surface area contributed by atoms with Gasteiger partial charge in [0, 0.05) is 56.0 Å². The molecule has 2 aliphatic heterocycles. The molecule has 3 heterocycles. The van der Waals surface area contributed by atoms with Gasteiger partial charge in [-0.15, -0.1) is 0 Å². The Balaban J connectivity index is 1.33. The topological polar surface area (TPSA) is 50.6 Å². The Morgan fingerprint density at radius 1 is 1.19 bits per heavy atom. The zero-order valence-electron chi connectivity index (χ0n) is 17.8. The van der Waals surface area contributed by atoms with E-state index in [2.05, 4.69) is 10.00 Å². The van der Waals surface area contributed by atoms with Crippen LogP contribution in [0, 0.1) is 6.92 Å². The normalized spacial score (nSPS) is 20.1. The minimum Gasteiger partial charge on any atom is -0.377 e. The van der Waals surface area contributed by atoms with Crippen LogP contribution in [0.25, 0.3) is 6.08 Å². The van der Waals surface area contributed by atoms with Crippen molar-refractivity contribution in [3.8, 4) is 0 Å². The molecule has 2 fully saturated rings. The number of rotatable bonds is 6. The predicted molar refractivity (Wildman–Crippen MR) is 124 cm³/mol. The second-order valence-corrected chi connectivity index (χ2v) is 8.96. The fraction of sp³-hybridized carbons (Fsp3) is 0.478. The lowest BCUT2D eigenvalue weighted by atomic mass is 10.2. The molecule has 1 aromatic heterocycles. The van der Waals surface area contributed by atoms with E-state index in [4.69, 9.17) is 27.9 Å². The van der Waals surface area contributed by atoms with Gasteiger partial charge in [-0.05, 0) is 43.5 Å². The molecule has 0 spiro atoms. The van der Waals surface area contributed by atoms with Gasteiger partial charge in [-0.2, -0.15) is 5.10 Å². The molecule has 8 heteroatoms. The Kier molecular flexibility index (Phi) is 7.33. The summed E-state index contributed by atoms with van der Waals surface area (Å²) < 4.78 is 7.47.